The molecule has 2 amide bonds. The Labute approximate surface area is 95.1 Å². The van der Waals surface area contributed by atoms with Gasteiger partial charge in [0.25, 0.3) is 0 Å². The molecule has 0 saturated carbocycles. The molecule has 1 aromatic rings. The molecular formula is C12H15N3O. The predicted molar refractivity (Wildman–Crippen MR) is 65.2 cm³/mol. The summed E-state index contributed by atoms with van der Waals surface area (Å²) in [6, 6.07) is 9.32. The number of amides is 2. The van der Waals surface area contributed by atoms with E-state index in [2.05, 4.69) is 22.4 Å². The first kappa shape index (κ1) is 12.0. The molecule has 84 valence electrons. The number of carbonyl (C=O) groups is 1. The van der Waals surface area contributed by atoms with Crippen LogP contribution in [0.15, 0.2) is 48.1 Å². The number of nitrogens with one attached hydrogen (secondary N) is 2. The van der Waals surface area contributed by atoms with Crippen molar-refractivity contribution in [2.24, 2.45) is 5.10 Å². The maximum absolute atomic E-state index is 11.3. The lowest BCUT2D eigenvalue weighted by molar-refractivity contribution is 0.238. The number of hydrogen-bond acceptors (Lipinski definition) is 2. The normalized spacial score (nSPS) is 12.1. The summed E-state index contributed by atoms with van der Waals surface area (Å²) in [5, 5.41) is 6.39. The second kappa shape index (κ2) is 6.40. The van der Waals surface area contributed by atoms with Crippen LogP contribution in [0, 0.1) is 0 Å². The van der Waals surface area contributed by atoms with Crippen LogP contribution < -0.4 is 10.7 Å². The molecular weight excluding hydrogens is 202 g/mol. The zero-order valence-electron chi connectivity index (χ0n) is 9.18. The Kier molecular flexibility index (Phi) is 4.79. The molecule has 0 aromatic heterocycles. The van der Waals surface area contributed by atoms with Gasteiger partial charge in [-0.1, -0.05) is 36.9 Å². The van der Waals surface area contributed by atoms with Crippen LogP contribution in [-0.2, 0) is 0 Å². The summed E-state index contributed by atoms with van der Waals surface area (Å²) in [6.07, 6.45) is 2.90. The van der Waals surface area contributed by atoms with Crippen molar-refractivity contribution in [2.45, 2.75) is 13.0 Å². The van der Waals surface area contributed by atoms with E-state index < -0.39 is 0 Å². The van der Waals surface area contributed by atoms with Crippen LogP contribution in [0.1, 0.15) is 18.5 Å². The minimum Gasteiger partial charge on any atom is -0.330 e. The molecule has 4 nitrogen and oxygen atoms in total. The van der Waals surface area contributed by atoms with Gasteiger partial charge in [-0.3, -0.25) is 0 Å². The van der Waals surface area contributed by atoms with Gasteiger partial charge in [0.15, 0.2) is 0 Å². The molecule has 4 heteroatoms. The lowest BCUT2D eigenvalue weighted by atomic mass is 10.1. The monoisotopic (exact) mass is 217 g/mol. The van der Waals surface area contributed by atoms with Crippen molar-refractivity contribution in [1.82, 2.24) is 10.7 Å². The van der Waals surface area contributed by atoms with E-state index in [4.69, 9.17) is 0 Å². The van der Waals surface area contributed by atoms with Gasteiger partial charge >= 0.3 is 6.03 Å². The molecule has 0 bridgehead atoms. The van der Waals surface area contributed by atoms with E-state index >= 15 is 0 Å². The van der Waals surface area contributed by atoms with E-state index in [1.54, 1.807) is 0 Å². The maximum Gasteiger partial charge on any atom is 0.335 e. The molecule has 0 aliphatic heterocycles. The smallest absolute Gasteiger partial charge is 0.330 e. The van der Waals surface area contributed by atoms with Crippen molar-refractivity contribution in [3.05, 3.63) is 48.6 Å². The van der Waals surface area contributed by atoms with E-state index in [1.807, 2.05) is 37.3 Å². The third kappa shape index (κ3) is 3.96. The van der Waals surface area contributed by atoms with Crippen LogP contribution >= 0.6 is 0 Å². The van der Waals surface area contributed by atoms with Crippen molar-refractivity contribution in [3.63, 3.8) is 0 Å². The van der Waals surface area contributed by atoms with E-state index in [1.165, 1.54) is 12.3 Å². The van der Waals surface area contributed by atoms with E-state index in [-0.39, 0.29) is 12.1 Å². The molecule has 0 fully saturated rings. The summed E-state index contributed by atoms with van der Waals surface area (Å²) in [6.45, 7) is 5.35. The Bertz CT molecular complexity index is 373. The lowest BCUT2D eigenvalue weighted by Crippen LogP contribution is -2.34. The van der Waals surface area contributed by atoms with Crippen LogP contribution in [-0.4, -0.2) is 12.2 Å². The minimum atomic E-state index is -0.338. The number of urea groups is 1. The number of nitrogens with zero attached hydrogens (tertiary/aromatic N) is 1. The summed E-state index contributed by atoms with van der Waals surface area (Å²) in [7, 11) is 0. The quantitative estimate of drug-likeness (QED) is 0.589. The van der Waals surface area contributed by atoms with Gasteiger partial charge in [-0.25, -0.2) is 10.2 Å². The average molecular weight is 217 g/mol. The van der Waals surface area contributed by atoms with Crippen molar-refractivity contribution in [3.8, 4) is 0 Å². The molecule has 16 heavy (non-hydrogen) atoms. The maximum atomic E-state index is 11.3. The number of hydrogen-bond donors (Lipinski definition) is 2. The molecule has 0 aliphatic carbocycles. The Morgan fingerprint density at radius 2 is 2.12 bits per heavy atom. The third-order valence-electron chi connectivity index (χ3n) is 1.99. The van der Waals surface area contributed by atoms with Crippen LogP contribution in [0.4, 0.5) is 4.79 Å². The average Bonchev–Trinajstić information content (AvgIpc) is 2.30. The second-order valence-electron chi connectivity index (χ2n) is 3.23. The second-order valence-corrected chi connectivity index (χ2v) is 3.23. The molecule has 0 unspecified atom stereocenters. The van der Waals surface area contributed by atoms with Crippen LogP contribution in [0.2, 0.25) is 0 Å². The van der Waals surface area contributed by atoms with Gasteiger partial charge in [-0.2, -0.15) is 5.10 Å². The summed E-state index contributed by atoms with van der Waals surface area (Å²) in [5.41, 5.74) is 3.38. The highest BCUT2D eigenvalue weighted by atomic mass is 16.2. The minimum absolute atomic E-state index is 0.0554. The molecule has 0 radical (unpaired) electrons. The Hall–Kier alpha value is -2.10. The Morgan fingerprint density at radius 1 is 1.44 bits per heavy atom. The van der Waals surface area contributed by atoms with Crippen molar-refractivity contribution >= 4 is 12.2 Å². The summed E-state index contributed by atoms with van der Waals surface area (Å²) in [4.78, 5) is 11.3. The van der Waals surface area contributed by atoms with E-state index in [0.717, 1.165) is 5.56 Å². The van der Waals surface area contributed by atoms with Crippen molar-refractivity contribution in [1.29, 1.82) is 0 Å². The first-order valence-electron chi connectivity index (χ1n) is 4.99. The van der Waals surface area contributed by atoms with Gasteiger partial charge in [0.1, 0.15) is 0 Å². The molecule has 1 atom stereocenters. The lowest BCUT2D eigenvalue weighted by Gasteiger charge is -2.13. The van der Waals surface area contributed by atoms with Crippen LogP contribution in [0.3, 0.4) is 0 Å². The van der Waals surface area contributed by atoms with Crippen molar-refractivity contribution < 1.29 is 4.79 Å². The topological polar surface area (TPSA) is 53.5 Å². The highest BCUT2D eigenvalue weighted by Gasteiger charge is 2.07. The fourth-order valence-corrected chi connectivity index (χ4v) is 1.20. The number of benzene rings is 1. The summed E-state index contributed by atoms with van der Waals surface area (Å²) in [5.74, 6) is 0. The van der Waals surface area contributed by atoms with Gasteiger partial charge in [-0.15, -0.1) is 0 Å². The van der Waals surface area contributed by atoms with Gasteiger partial charge < -0.3 is 5.32 Å². The van der Waals surface area contributed by atoms with Gasteiger partial charge in [-0.05, 0) is 18.6 Å². The number of hydrazone groups is 1. The van der Waals surface area contributed by atoms with Gasteiger partial charge in [0.2, 0.25) is 0 Å². The molecule has 0 spiro atoms. The van der Waals surface area contributed by atoms with Crippen molar-refractivity contribution in [2.75, 3.05) is 0 Å². The first-order valence-corrected chi connectivity index (χ1v) is 4.99. The molecule has 0 aliphatic rings. The summed E-state index contributed by atoms with van der Waals surface area (Å²) < 4.78 is 0. The molecule has 0 saturated heterocycles. The molecule has 1 rings (SSSR count). The summed E-state index contributed by atoms with van der Waals surface area (Å²) >= 11 is 0. The highest BCUT2D eigenvalue weighted by molar-refractivity contribution is 5.77. The van der Waals surface area contributed by atoms with Gasteiger partial charge in [0, 0.05) is 6.21 Å². The SMILES string of the molecule is C=C/C=N/NC(=O)N[C@H](C)c1ccccc1. The Balaban J connectivity index is 2.45. The highest BCUT2D eigenvalue weighted by Crippen LogP contribution is 2.10. The van der Waals surface area contributed by atoms with E-state index in [9.17, 15) is 4.79 Å². The van der Waals surface area contributed by atoms with E-state index in [0.29, 0.717) is 0 Å². The number of rotatable bonds is 4. The van der Waals surface area contributed by atoms with Gasteiger partial charge in [0.05, 0.1) is 6.04 Å². The fourth-order valence-electron chi connectivity index (χ4n) is 1.20. The predicted octanol–water partition coefficient (Wildman–Crippen LogP) is 2.22. The molecule has 2 N–H and O–H groups in total. The zero-order valence-corrected chi connectivity index (χ0v) is 9.18. The molecule has 1 aromatic carbocycles. The first-order chi connectivity index (χ1) is 7.74. The fraction of sp³-hybridized carbons (Fsp3) is 0.167. The number of carbonyl (C=O) groups excluding carboxylic acids is 1. The largest absolute Gasteiger partial charge is 0.335 e. The van der Waals surface area contributed by atoms with Crippen LogP contribution in [0.25, 0.3) is 0 Å². The molecule has 0 heterocycles. The third-order valence-corrected chi connectivity index (χ3v) is 1.99. The van der Waals surface area contributed by atoms with Crippen LogP contribution in [0.5, 0.6) is 0 Å². The number of allylic oxidation sites excluding steroid dienone is 1. The standard InChI is InChI=1S/C12H15N3O/c1-3-9-13-15-12(16)14-10(2)11-7-5-4-6-8-11/h3-10H,1H2,2H3,(H2,14,15,16)/b13-9+/t10-/m1/s1. The zero-order chi connectivity index (χ0) is 11.8. The Morgan fingerprint density at radius 3 is 2.75 bits per heavy atom.